The lowest BCUT2D eigenvalue weighted by Gasteiger charge is -2.31. The Balaban J connectivity index is 1.58. The van der Waals surface area contributed by atoms with Crippen LogP contribution in [0, 0.1) is 5.92 Å². The number of nitrogens with one attached hydrogen (secondary N) is 1. The minimum Gasteiger partial charge on any atom is -0.497 e. The molecule has 1 aliphatic rings. The number of piperidine rings is 1. The first-order valence-electron chi connectivity index (χ1n) is 9.27. The highest BCUT2D eigenvalue weighted by atomic mass is 16.5. The fourth-order valence-corrected chi connectivity index (χ4v) is 3.50. The summed E-state index contributed by atoms with van der Waals surface area (Å²) in [5.41, 5.74) is 1.77. The Bertz CT molecular complexity index is 883. The van der Waals surface area contributed by atoms with Crippen LogP contribution in [0.25, 0.3) is 10.9 Å². The van der Waals surface area contributed by atoms with Crippen LogP contribution in [0.4, 0.5) is 0 Å². The van der Waals surface area contributed by atoms with Gasteiger partial charge in [0, 0.05) is 37.2 Å². The minimum absolute atomic E-state index is 0.0117. The highest BCUT2D eigenvalue weighted by Crippen LogP contribution is 2.24. The van der Waals surface area contributed by atoms with E-state index in [1.807, 2.05) is 18.2 Å². The van der Waals surface area contributed by atoms with Gasteiger partial charge in [0.05, 0.1) is 26.0 Å². The molecule has 28 heavy (non-hydrogen) atoms. The quantitative estimate of drug-likeness (QED) is 0.782. The van der Waals surface area contributed by atoms with Crippen LogP contribution in [-0.2, 0) is 20.8 Å². The molecule has 2 aromatic rings. The topological polar surface area (TPSA) is 103 Å². The van der Waals surface area contributed by atoms with Crippen molar-refractivity contribution in [2.75, 3.05) is 33.8 Å². The van der Waals surface area contributed by atoms with E-state index < -0.39 is 5.97 Å². The first-order valence-corrected chi connectivity index (χ1v) is 9.27. The van der Waals surface area contributed by atoms with Crippen LogP contribution in [0.1, 0.15) is 18.4 Å². The molecule has 0 saturated carbocycles. The average Bonchev–Trinajstić information content (AvgIpc) is 3.09. The second-order valence-electron chi connectivity index (χ2n) is 7.15. The number of fused-ring (bicyclic) bond motifs is 1. The number of carbonyl (C=O) groups excluding carboxylic acids is 2. The van der Waals surface area contributed by atoms with Crippen LogP contribution in [0.5, 0.6) is 5.75 Å². The number of amides is 2. The van der Waals surface area contributed by atoms with E-state index in [1.165, 1.54) is 4.90 Å². The number of benzene rings is 1. The van der Waals surface area contributed by atoms with Crippen molar-refractivity contribution in [3.05, 3.63) is 30.0 Å². The van der Waals surface area contributed by atoms with Crippen molar-refractivity contribution >= 4 is 28.7 Å². The maximum Gasteiger partial charge on any atom is 0.306 e. The van der Waals surface area contributed by atoms with E-state index in [9.17, 15) is 14.4 Å². The summed E-state index contributed by atoms with van der Waals surface area (Å²) in [5.74, 6) is -0.788. The number of rotatable bonds is 6. The standard InChI is InChI=1S/C20H25N3O5/c1-22(12-19(25)23-7-5-13(6-8-23)20(26)27)18(24)9-14-11-21-17-4-3-15(28-2)10-16(14)17/h3-4,10-11,13,21H,5-9,12H2,1-2H3,(H,26,27). The number of hydrogen-bond donors (Lipinski definition) is 2. The molecule has 1 aliphatic heterocycles. The van der Waals surface area contributed by atoms with E-state index in [4.69, 9.17) is 9.84 Å². The molecular weight excluding hydrogens is 362 g/mol. The summed E-state index contributed by atoms with van der Waals surface area (Å²) in [5, 5.41) is 9.96. The number of methoxy groups -OCH3 is 1. The molecule has 0 radical (unpaired) electrons. The number of aliphatic carboxylic acids is 1. The van der Waals surface area contributed by atoms with Crippen molar-refractivity contribution in [1.82, 2.24) is 14.8 Å². The summed E-state index contributed by atoms with van der Waals surface area (Å²) < 4.78 is 5.25. The van der Waals surface area contributed by atoms with Crippen LogP contribution in [0.2, 0.25) is 0 Å². The fourth-order valence-electron chi connectivity index (χ4n) is 3.50. The summed E-state index contributed by atoms with van der Waals surface area (Å²) in [6.45, 7) is 0.822. The van der Waals surface area contributed by atoms with Crippen molar-refractivity contribution in [2.45, 2.75) is 19.3 Å². The van der Waals surface area contributed by atoms with Gasteiger partial charge in [-0.05, 0) is 36.6 Å². The van der Waals surface area contributed by atoms with Crippen molar-refractivity contribution in [3.8, 4) is 5.75 Å². The number of carboxylic acid groups (broad SMARTS) is 1. The molecule has 8 heteroatoms. The van der Waals surface area contributed by atoms with E-state index >= 15 is 0 Å². The van der Waals surface area contributed by atoms with Crippen molar-refractivity contribution in [3.63, 3.8) is 0 Å². The van der Waals surface area contributed by atoms with Crippen molar-refractivity contribution in [1.29, 1.82) is 0 Å². The molecule has 1 saturated heterocycles. The number of likely N-dealkylation sites (tertiary alicyclic amines) is 1. The zero-order valence-corrected chi connectivity index (χ0v) is 16.1. The lowest BCUT2D eigenvalue weighted by atomic mass is 9.97. The van der Waals surface area contributed by atoms with Gasteiger partial charge < -0.3 is 24.6 Å². The Labute approximate surface area is 163 Å². The van der Waals surface area contributed by atoms with Crippen LogP contribution >= 0.6 is 0 Å². The number of hydrogen-bond acceptors (Lipinski definition) is 4. The Morgan fingerprint density at radius 3 is 2.64 bits per heavy atom. The molecule has 3 rings (SSSR count). The third-order valence-electron chi connectivity index (χ3n) is 5.31. The smallest absolute Gasteiger partial charge is 0.306 e. The van der Waals surface area contributed by atoms with E-state index in [2.05, 4.69) is 4.98 Å². The summed E-state index contributed by atoms with van der Waals surface area (Å²) in [4.78, 5) is 42.3. The first-order chi connectivity index (χ1) is 13.4. The monoisotopic (exact) mass is 387 g/mol. The van der Waals surface area contributed by atoms with Gasteiger partial charge in [-0.3, -0.25) is 14.4 Å². The van der Waals surface area contributed by atoms with Crippen LogP contribution < -0.4 is 4.74 Å². The number of nitrogens with zero attached hydrogens (tertiary/aromatic N) is 2. The Kier molecular flexibility index (Phi) is 5.87. The molecule has 8 nitrogen and oxygen atoms in total. The van der Waals surface area contributed by atoms with Crippen molar-refractivity contribution < 1.29 is 24.2 Å². The zero-order chi connectivity index (χ0) is 20.3. The zero-order valence-electron chi connectivity index (χ0n) is 16.1. The minimum atomic E-state index is -0.810. The highest BCUT2D eigenvalue weighted by molar-refractivity contribution is 5.91. The SMILES string of the molecule is COc1ccc2[nH]cc(CC(=O)N(C)CC(=O)N3CCC(C(=O)O)CC3)c2c1. The van der Waals surface area contributed by atoms with Crippen LogP contribution in [-0.4, -0.2) is 71.5 Å². The molecule has 2 heterocycles. The maximum atomic E-state index is 12.6. The van der Waals surface area contributed by atoms with E-state index in [0.717, 1.165) is 16.5 Å². The van der Waals surface area contributed by atoms with E-state index in [1.54, 1.807) is 25.3 Å². The van der Waals surface area contributed by atoms with Gasteiger partial charge >= 0.3 is 5.97 Å². The maximum absolute atomic E-state index is 12.6. The number of ether oxygens (including phenoxy) is 1. The lowest BCUT2D eigenvalue weighted by Crippen LogP contribution is -2.45. The Morgan fingerprint density at radius 1 is 1.29 bits per heavy atom. The molecule has 0 aliphatic carbocycles. The third kappa shape index (κ3) is 4.27. The molecule has 150 valence electrons. The lowest BCUT2D eigenvalue weighted by molar-refractivity contribution is -0.146. The number of carbonyl (C=O) groups is 3. The molecule has 1 aromatic carbocycles. The van der Waals surface area contributed by atoms with Crippen molar-refractivity contribution in [2.24, 2.45) is 5.92 Å². The van der Waals surface area contributed by atoms with Gasteiger partial charge in [-0.1, -0.05) is 0 Å². The summed E-state index contributed by atoms with van der Waals surface area (Å²) in [6.07, 6.45) is 2.89. The summed E-state index contributed by atoms with van der Waals surface area (Å²) in [6, 6.07) is 5.63. The average molecular weight is 387 g/mol. The van der Waals surface area contributed by atoms with Gasteiger partial charge in [0.1, 0.15) is 5.75 Å². The summed E-state index contributed by atoms with van der Waals surface area (Å²) in [7, 11) is 3.21. The molecule has 0 atom stereocenters. The van der Waals surface area contributed by atoms with Crippen LogP contribution in [0.3, 0.4) is 0 Å². The predicted octanol–water partition coefficient (Wildman–Crippen LogP) is 1.50. The molecule has 0 spiro atoms. The van der Waals surface area contributed by atoms with Gasteiger partial charge in [0.2, 0.25) is 11.8 Å². The Hall–Kier alpha value is -3.03. The second kappa shape index (κ2) is 8.33. The number of carboxylic acids is 1. The summed E-state index contributed by atoms with van der Waals surface area (Å²) >= 11 is 0. The van der Waals surface area contributed by atoms with Gasteiger partial charge in [-0.25, -0.2) is 0 Å². The van der Waals surface area contributed by atoms with E-state index in [0.29, 0.717) is 31.7 Å². The largest absolute Gasteiger partial charge is 0.497 e. The van der Waals surface area contributed by atoms with Gasteiger partial charge in [-0.15, -0.1) is 0 Å². The molecule has 0 bridgehead atoms. The van der Waals surface area contributed by atoms with Crippen LogP contribution in [0.15, 0.2) is 24.4 Å². The molecule has 0 unspecified atom stereocenters. The van der Waals surface area contributed by atoms with E-state index in [-0.39, 0.29) is 30.7 Å². The van der Waals surface area contributed by atoms with Gasteiger partial charge in [0.15, 0.2) is 0 Å². The molecule has 1 fully saturated rings. The number of H-pyrrole nitrogens is 1. The van der Waals surface area contributed by atoms with Gasteiger partial charge in [-0.2, -0.15) is 0 Å². The molecule has 1 aromatic heterocycles. The number of aromatic amines is 1. The Morgan fingerprint density at radius 2 is 2.00 bits per heavy atom. The molecular formula is C20H25N3O5. The molecule has 2 N–H and O–H groups in total. The number of aromatic nitrogens is 1. The molecule has 2 amide bonds. The predicted molar refractivity (Wildman–Crippen MR) is 103 cm³/mol. The first kappa shape index (κ1) is 19.7. The normalized spacial score (nSPS) is 14.9. The second-order valence-corrected chi connectivity index (χ2v) is 7.15. The van der Waals surface area contributed by atoms with Gasteiger partial charge in [0.25, 0.3) is 0 Å². The number of likely N-dealkylation sites (N-methyl/N-ethyl adjacent to an activating group) is 1. The highest BCUT2D eigenvalue weighted by Gasteiger charge is 2.28. The third-order valence-corrected chi connectivity index (χ3v) is 5.31. The fraction of sp³-hybridized carbons (Fsp3) is 0.450.